The molecule has 5 nitrogen and oxygen atoms in total. The number of benzene rings is 1. The van der Waals surface area contributed by atoms with Crippen molar-refractivity contribution < 1.29 is 9.59 Å². The summed E-state index contributed by atoms with van der Waals surface area (Å²) in [5.41, 5.74) is 0.255. The van der Waals surface area contributed by atoms with E-state index in [9.17, 15) is 9.59 Å². The van der Waals surface area contributed by atoms with Gasteiger partial charge in [-0.05, 0) is 12.5 Å². The molecule has 2 saturated heterocycles. The van der Waals surface area contributed by atoms with Gasteiger partial charge >= 0.3 is 6.03 Å². The fourth-order valence-electron chi connectivity index (χ4n) is 2.79. The minimum atomic E-state index is -0.718. The maximum atomic E-state index is 12.5. The van der Waals surface area contributed by atoms with E-state index in [2.05, 4.69) is 5.32 Å². The number of nitrogens with one attached hydrogen (secondary N) is 1. The van der Waals surface area contributed by atoms with Gasteiger partial charge in [0, 0.05) is 19.6 Å². The molecule has 0 radical (unpaired) electrons. The van der Waals surface area contributed by atoms with Gasteiger partial charge < -0.3 is 10.2 Å². The zero-order chi connectivity index (χ0) is 13.5. The molecule has 5 heteroatoms. The van der Waals surface area contributed by atoms with E-state index >= 15 is 0 Å². The SMILES string of the molecule is CC12CNCCN1C(=O)N(Cc1ccccc1)C2=O. The number of nitrogens with zero attached hydrogens (tertiary/aromatic N) is 2. The molecule has 1 aromatic carbocycles. The van der Waals surface area contributed by atoms with Crippen LogP contribution >= 0.6 is 0 Å². The Hall–Kier alpha value is -1.88. The Morgan fingerprint density at radius 3 is 2.68 bits per heavy atom. The van der Waals surface area contributed by atoms with Crippen LogP contribution < -0.4 is 5.32 Å². The van der Waals surface area contributed by atoms with Crippen molar-refractivity contribution in [1.29, 1.82) is 0 Å². The van der Waals surface area contributed by atoms with Gasteiger partial charge in [0.15, 0.2) is 0 Å². The van der Waals surface area contributed by atoms with Gasteiger partial charge in [0.05, 0.1) is 6.54 Å². The van der Waals surface area contributed by atoms with E-state index in [1.54, 1.807) is 4.90 Å². The number of hydrogen-bond donors (Lipinski definition) is 1. The third kappa shape index (κ3) is 1.81. The third-order valence-corrected chi connectivity index (χ3v) is 3.93. The highest BCUT2D eigenvalue weighted by molar-refractivity contribution is 6.07. The molecule has 3 rings (SSSR count). The first-order valence-electron chi connectivity index (χ1n) is 6.51. The van der Waals surface area contributed by atoms with Crippen molar-refractivity contribution in [3.63, 3.8) is 0 Å². The number of fused-ring (bicyclic) bond motifs is 1. The van der Waals surface area contributed by atoms with Crippen LogP contribution in [0.25, 0.3) is 0 Å². The molecular formula is C14H17N3O2. The molecule has 2 heterocycles. The average molecular weight is 259 g/mol. The maximum Gasteiger partial charge on any atom is 0.328 e. The first kappa shape index (κ1) is 12.2. The maximum absolute atomic E-state index is 12.5. The Labute approximate surface area is 112 Å². The van der Waals surface area contributed by atoms with Gasteiger partial charge in [0.1, 0.15) is 5.54 Å². The molecule has 19 heavy (non-hydrogen) atoms. The highest BCUT2D eigenvalue weighted by Crippen LogP contribution is 2.30. The second-order valence-corrected chi connectivity index (χ2v) is 5.26. The minimum Gasteiger partial charge on any atom is -0.312 e. The number of carbonyl (C=O) groups is 2. The summed E-state index contributed by atoms with van der Waals surface area (Å²) in [4.78, 5) is 27.9. The van der Waals surface area contributed by atoms with Crippen molar-refractivity contribution in [2.24, 2.45) is 0 Å². The van der Waals surface area contributed by atoms with E-state index in [0.29, 0.717) is 19.6 Å². The Morgan fingerprint density at radius 1 is 1.26 bits per heavy atom. The molecule has 1 atom stereocenters. The highest BCUT2D eigenvalue weighted by atomic mass is 16.2. The van der Waals surface area contributed by atoms with Gasteiger partial charge in [0.2, 0.25) is 0 Å². The lowest BCUT2D eigenvalue weighted by atomic mass is 9.98. The lowest BCUT2D eigenvalue weighted by Gasteiger charge is -2.36. The van der Waals surface area contributed by atoms with Gasteiger partial charge in [-0.2, -0.15) is 0 Å². The van der Waals surface area contributed by atoms with Crippen LogP contribution in [0.15, 0.2) is 30.3 Å². The van der Waals surface area contributed by atoms with Crippen LogP contribution in [-0.2, 0) is 11.3 Å². The quantitative estimate of drug-likeness (QED) is 0.800. The Kier molecular flexibility index (Phi) is 2.78. The smallest absolute Gasteiger partial charge is 0.312 e. The van der Waals surface area contributed by atoms with E-state index in [0.717, 1.165) is 12.1 Å². The van der Waals surface area contributed by atoms with Crippen LogP contribution in [0.5, 0.6) is 0 Å². The normalized spacial score (nSPS) is 26.8. The van der Waals surface area contributed by atoms with E-state index in [-0.39, 0.29) is 11.9 Å². The molecule has 1 aromatic rings. The third-order valence-electron chi connectivity index (χ3n) is 3.93. The molecule has 0 aliphatic carbocycles. The predicted molar refractivity (Wildman–Crippen MR) is 70.4 cm³/mol. The van der Waals surface area contributed by atoms with Gasteiger partial charge in [-0.15, -0.1) is 0 Å². The molecule has 2 aliphatic heterocycles. The van der Waals surface area contributed by atoms with E-state index in [1.165, 1.54) is 4.90 Å². The Bertz CT molecular complexity index is 517. The largest absolute Gasteiger partial charge is 0.328 e. The van der Waals surface area contributed by atoms with Crippen LogP contribution in [0.2, 0.25) is 0 Å². The summed E-state index contributed by atoms with van der Waals surface area (Å²) in [6.45, 7) is 4.05. The minimum absolute atomic E-state index is 0.103. The van der Waals surface area contributed by atoms with Crippen molar-refractivity contribution in [2.45, 2.75) is 19.0 Å². The summed E-state index contributed by atoms with van der Waals surface area (Å²) < 4.78 is 0. The summed E-state index contributed by atoms with van der Waals surface area (Å²) >= 11 is 0. The van der Waals surface area contributed by atoms with E-state index < -0.39 is 5.54 Å². The summed E-state index contributed by atoms with van der Waals surface area (Å²) in [5.74, 6) is -0.103. The molecule has 1 unspecified atom stereocenters. The lowest BCUT2D eigenvalue weighted by Crippen LogP contribution is -2.59. The second-order valence-electron chi connectivity index (χ2n) is 5.26. The average Bonchev–Trinajstić information content (AvgIpc) is 2.62. The first-order chi connectivity index (χ1) is 9.13. The molecule has 3 amide bonds. The van der Waals surface area contributed by atoms with Crippen molar-refractivity contribution in [2.75, 3.05) is 19.6 Å². The van der Waals surface area contributed by atoms with Gasteiger partial charge in [-0.25, -0.2) is 4.79 Å². The number of carbonyl (C=O) groups excluding carboxylic acids is 2. The van der Waals surface area contributed by atoms with Gasteiger partial charge in [-0.3, -0.25) is 9.69 Å². The molecule has 0 spiro atoms. The van der Waals surface area contributed by atoms with Crippen molar-refractivity contribution in [1.82, 2.24) is 15.1 Å². The predicted octanol–water partition coefficient (Wildman–Crippen LogP) is 0.813. The van der Waals surface area contributed by atoms with E-state index in [1.807, 2.05) is 37.3 Å². The summed E-state index contributed by atoms with van der Waals surface area (Å²) in [5, 5.41) is 3.19. The topological polar surface area (TPSA) is 52.7 Å². The number of hydrogen-bond acceptors (Lipinski definition) is 3. The first-order valence-corrected chi connectivity index (χ1v) is 6.51. The summed E-state index contributed by atoms with van der Waals surface area (Å²) in [7, 11) is 0. The lowest BCUT2D eigenvalue weighted by molar-refractivity contribution is -0.133. The van der Waals surface area contributed by atoms with Crippen LogP contribution in [0.3, 0.4) is 0 Å². The van der Waals surface area contributed by atoms with Crippen LogP contribution in [0.1, 0.15) is 12.5 Å². The molecule has 1 N–H and O–H groups in total. The van der Waals surface area contributed by atoms with Crippen molar-refractivity contribution >= 4 is 11.9 Å². The summed E-state index contributed by atoms with van der Waals surface area (Å²) in [6, 6.07) is 9.44. The monoisotopic (exact) mass is 259 g/mol. The molecule has 2 aliphatic rings. The Morgan fingerprint density at radius 2 is 2.00 bits per heavy atom. The zero-order valence-corrected chi connectivity index (χ0v) is 10.9. The fraction of sp³-hybridized carbons (Fsp3) is 0.429. The van der Waals surface area contributed by atoms with Gasteiger partial charge in [0.25, 0.3) is 5.91 Å². The number of urea groups is 1. The Balaban J connectivity index is 1.87. The van der Waals surface area contributed by atoms with Crippen LogP contribution in [0.4, 0.5) is 4.79 Å². The zero-order valence-electron chi connectivity index (χ0n) is 10.9. The summed E-state index contributed by atoms with van der Waals surface area (Å²) in [6.07, 6.45) is 0. The molecule has 0 bridgehead atoms. The van der Waals surface area contributed by atoms with Crippen LogP contribution in [0, 0.1) is 0 Å². The number of amides is 3. The molecular weight excluding hydrogens is 242 g/mol. The number of rotatable bonds is 2. The number of piperazine rings is 1. The molecule has 2 fully saturated rings. The van der Waals surface area contributed by atoms with Crippen molar-refractivity contribution in [3.05, 3.63) is 35.9 Å². The highest BCUT2D eigenvalue weighted by Gasteiger charge is 2.54. The molecule has 0 saturated carbocycles. The number of imide groups is 1. The fourth-order valence-corrected chi connectivity index (χ4v) is 2.79. The van der Waals surface area contributed by atoms with E-state index in [4.69, 9.17) is 0 Å². The molecule has 100 valence electrons. The van der Waals surface area contributed by atoms with Crippen molar-refractivity contribution in [3.8, 4) is 0 Å². The van der Waals surface area contributed by atoms with Crippen LogP contribution in [-0.4, -0.2) is 46.9 Å². The second kappa shape index (κ2) is 4.35. The van der Waals surface area contributed by atoms with Gasteiger partial charge in [-0.1, -0.05) is 30.3 Å². The molecule has 0 aromatic heterocycles. The standard InChI is InChI=1S/C14H17N3O2/c1-14-10-15-7-8-17(14)13(19)16(12(14)18)9-11-5-3-2-4-6-11/h2-6,15H,7-10H2,1H3.